The average molecular weight is 242 g/mol. The molecule has 1 aliphatic heterocycles. The number of nitrogens with one attached hydrogen (secondary N) is 2. The summed E-state index contributed by atoms with van der Waals surface area (Å²) in [6.07, 6.45) is -1.15. The Kier molecular flexibility index (Phi) is 2.66. The van der Waals surface area contributed by atoms with Gasteiger partial charge in [-0.25, -0.2) is 9.78 Å². The second-order valence-corrected chi connectivity index (χ2v) is 3.65. The molecule has 2 amide bonds. The Morgan fingerprint density at radius 3 is 3.12 bits per heavy atom. The molecule has 84 valence electrons. The summed E-state index contributed by atoms with van der Waals surface area (Å²) in [6, 6.07) is 1.48. The first-order valence-electron chi connectivity index (χ1n) is 4.51. The van der Waals surface area contributed by atoms with Crippen molar-refractivity contribution >= 4 is 23.6 Å². The number of pyridine rings is 1. The van der Waals surface area contributed by atoms with Crippen LogP contribution in [0.15, 0.2) is 6.07 Å². The SMILES string of the molecule is O=C(O)NCc1nc(Cl)cc2c1CNC2=O. The lowest BCUT2D eigenvalue weighted by Crippen LogP contribution is -2.21. The zero-order valence-corrected chi connectivity index (χ0v) is 8.84. The molecule has 7 heteroatoms. The Morgan fingerprint density at radius 1 is 1.69 bits per heavy atom. The van der Waals surface area contributed by atoms with E-state index in [2.05, 4.69) is 15.6 Å². The first-order valence-corrected chi connectivity index (χ1v) is 4.89. The Labute approximate surface area is 95.6 Å². The summed E-state index contributed by atoms with van der Waals surface area (Å²) in [7, 11) is 0. The molecule has 0 saturated heterocycles. The van der Waals surface area contributed by atoms with Crippen LogP contribution in [-0.2, 0) is 13.1 Å². The number of carbonyl (C=O) groups is 2. The highest BCUT2D eigenvalue weighted by molar-refractivity contribution is 6.29. The van der Waals surface area contributed by atoms with E-state index in [4.69, 9.17) is 16.7 Å². The molecule has 2 rings (SSSR count). The molecule has 0 fully saturated rings. The Balaban J connectivity index is 2.35. The van der Waals surface area contributed by atoms with Gasteiger partial charge in [-0.1, -0.05) is 11.6 Å². The topological polar surface area (TPSA) is 91.3 Å². The minimum absolute atomic E-state index is 0.0349. The van der Waals surface area contributed by atoms with Crippen LogP contribution in [0.1, 0.15) is 21.6 Å². The van der Waals surface area contributed by atoms with Gasteiger partial charge in [-0.3, -0.25) is 4.79 Å². The molecule has 0 bridgehead atoms. The van der Waals surface area contributed by atoms with Gasteiger partial charge in [-0.15, -0.1) is 0 Å². The normalized spacial score (nSPS) is 13.2. The second-order valence-electron chi connectivity index (χ2n) is 3.26. The van der Waals surface area contributed by atoms with Crippen LogP contribution in [-0.4, -0.2) is 22.1 Å². The predicted molar refractivity (Wildman–Crippen MR) is 55.3 cm³/mol. The van der Waals surface area contributed by atoms with E-state index in [1.54, 1.807) is 0 Å². The van der Waals surface area contributed by atoms with Crippen molar-refractivity contribution in [2.24, 2.45) is 0 Å². The molecule has 0 aliphatic carbocycles. The summed E-state index contributed by atoms with van der Waals surface area (Å²) in [4.78, 5) is 25.7. The second kappa shape index (κ2) is 3.97. The highest BCUT2D eigenvalue weighted by Gasteiger charge is 2.23. The van der Waals surface area contributed by atoms with Gasteiger partial charge in [0.2, 0.25) is 0 Å². The molecule has 0 radical (unpaired) electrons. The van der Waals surface area contributed by atoms with Crippen LogP contribution in [0.25, 0.3) is 0 Å². The highest BCUT2D eigenvalue weighted by Crippen LogP contribution is 2.21. The van der Waals surface area contributed by atoms with Crippen LogP contribution in [0, 0.1) is 0 Å². The molecule has 0 atom stereocenters. The van der Waals surface area contributed by atoms with Crippen LogP contribution in [0.4, 0.5) is 4.79 Å². The number of hydrogen-bond donors (Lipinski definition) is 3. The largest absolute Gasteiger partial charge is 0.465 e. The van der Waals surface area contributed by atoms with Crippen molar-refractivity contribution in [1.82, 2.24) is 15.6 Å². The first kappa shape index (κ1) is 10.7. The maximum absolute atomic E-state index is 11.4. The summed E-state index contributed by atoms with van der Waals surface area (Å²) in [5, 5.41) is 13.5. The lowest BCUT2D eigenvalue weighted by atomic mass is 10.1. The summed E-state index contributed by atoms with van der Waals surface area (Å²) >= 11 is 5.74. The predicted octanol–water partition coefficient (Wildman–Crippen LogP) is 0.746. The minimum Gasteiger partial charge on any atom is -0.465 e. The molecule has 0 spiro atoms. The van der Waals surface area contributed by atoms with Gasteiger partial charge in [-0.2, -0.15) is 0 Å². The quantitative estimate of drug-likeness (QED) is 0.666. The Bertz CT molecular complexity index is 475. The third-order valence-corrected chi connectivity index (χ3v) is 2.45. The number of carboxylic acid groups (broad SMARTS) is 1. The van der Waals surface area contributed by atoms with Gasteiger partial charge in [0, 0.05) is 17.7 Å². The van der Waals surface area contributed by atoms with Crippen LogP contribution in [0.2, 0.25) is 5.15 Å². The van der Waals surface area contributed by atoms with Crippen molar-refractivity contribution in [3.05, 3.63) is 28.0 Å². The number of rotatable bonds is 2. The van der Waals surface area contributed by atoms with Gasteiger partial charge >= 0.3 is 6.09 Å². The van der Waals surface area contributed by atoms with Crippen molar-refractivity contribution in [2.75, 3.05) is 0 Å². The maximum atomic E-state index is 11.4. The van der Waals surface area contributed by atoms with Gasteiger partial charge in [0.1, 0.15) is 5.15 Å². The monoisotopic (exact) mass is 241 g/mol. The summed E-state index contributed by atoms with van der Waals surface area (Å²) in [6.45, 7) is 0.391. The number of carbonyl (C=O) groups excluding carboxylic acids is 1. The summed E-state index contributed by atoms with van der Waals surface area (Å²) in [5.74, 6) is -0.212. The van der Waals surface area contributed by atoms with E-state index in [0.717, 1.165) is 0 Å². The van der Waals surface area contributed by atoms with E-state index in [1.807, 2.05) is 0 Å². The molecule has 1 aromatic rings. The molecule has 6 nitrogen and oxygen atoms in total. The number of fused-ring (bicyclic) bond motifs is 1. The number of amides is 2. The van der Waals surface area contributed by atoms with E-state index in [0.29, 0.717) is 23.4 Å². The fourth-order valence-corrected chi connectivity index (χ4v) is 1.77. The van der Waals surface area contributed by atoms with Crippen molar-refractivity contribution < 1.29 is 14.7 Å². The lowest BCUT2D eigenvalue weighted by Gasteiger charge is -2.06. The van der Waals surface area contributed by atoms with Crippen LogP contribution >= 0.6 is 11.6 Å². The highest BCUT2D eigenvalue weighted by atomic mass is 35.5. The third-order valence-electron chi connectivity index (χ3n) is 2.26. The molecular weight excluding hydrogens is 234 g/mol. The zero-order valence-electron chi connectivity index (χ0n) is 8.08. The average Bonchev–Trinajstić information content (AvgIpc) is 2.57. The fourth-order valence-electron chi connectivity index (χ4n) is 1.56. The molecule has 16 heavy (non-hydrogen) atoms. The van der Waals surface area contributed by atoms with Crippen LogP contribution in [0.3, 0.4) is 0 Å². The molecule has 0 saturated carbocycles. The van der Waals surface area contributed by atoms with E-state index in [9.17, 15) is 9.59 Å². The van der Waals surface area contributed by atoms with E-state index in [-0.39, 0.29) is 17.6 Å². The molecule has 0 aromatic carbocycles. The van der Waals surface area contributed by atoms with Gasteiger partial charge in [0.05, 0.1) is 12.2 Å². The smallest absolute Gasteiger partial charge is 0.404 e. The van der Waals surface area contributed by atoms with Crippen LogP contribution in [0.5, 0.6) is 0 Å². The standard InChI is InChI=1S/C9H8ClN3O3/c10-7-1-4-5(2-11-8(4)14)6(13-7)3-12-9(15)16/h1,12H,2-3H2,(H,11,14)(H,15,16). The summed E-state index contributed by atoms with van der Waals surface area (Å²) < 4.78 is 0. The van der Waals surface area contributed by atoms with Crippen molar-refractivity contribution in [3.8, 4) is 0 Å². The van der Waals surface area contributed by atoms with Crippen molar-refractivity contribution in [2.45, 2.75) is 13.1 Å². The van der Waals surface area contributed by atoms with Gasteiger partial charge in [0.15, 0.2) is 0 Å². The molecule has 1 aliphatic rings. The van der Waals surface area contributed by atoms with E-state index < -0.39 is 6.09 Å². The lowest BCUT2D eigenvalue weighted by molar-refractivity contribution is 0.0965. The fraction of sp³-hybridized carbons (Fsp3) is 0.222. The zero-order chi connectivity index (χ0) is 11.7. The molecule has 3 N–H and O–H groups in total. The Morgan fingerprint density at radius 2 is 2.44 bits per heavy atom. The van der Waals surface area contributed by atoms with E-state index >= 15 is 0 Å². The van der Waals surface area contributed by atoms with Crippen molar-refractivity contribution in [3.63, 3.8) is 0 Å². The van der Waals surface area contributed by atoms with Crippen molar-refractivity contribution in [1.29, 1.82) is 0 Å². The molecule has 0 unspecified atom stereocenters. The molecular formula is C9H8ClN3O3. The van der Waals surface area contributed by atoms with Gasteiger partial charge < -0.3 is 15.7 Å². The van der Waals surface area contributed by atoms with Crippen LogP contribution < -0.4 is 10.6 Å². The van der Waals surface area contributed by atoms with Gasteiger partial charge in [-0.05, 0) is 6.07 Å². The minimum atomic E-state index is -1.15. The Hall–Kier alpha value is -1.82. The number of hydrogen-bond acceptors (Lipinski definition) is 3. The maximum Gasteiger partial charge on any atom is 0.404 e. The number of nitrogens with zero attached hydrogens (tertiary/aromatic N) is 1. The molecule has 2 heterocycles. The van der Waals surface area contributed by atoms with Gasteiger partial charge in [0.25, 0.3) is 5.91 Å². The number of halogens is 1. The summed E-state index contributed by atoms with van der Waals surface area (Å²) in [5.41, 5.74) is 1.63. The van der Waals surface area contributed by atoms with E-state index in [1.165, 1.54) is 6.07 Å². The third kappa shape index (κ3) is 1.92. The molecule has 1 aromatic heterocycles. The first-order chi connectivity index (χ1) is 7.58. The number of aromatic nitrogens is 1.